The summed E-state index contributed by atoms with van der Waals surface area (Å²) in [6.45, 7) is 6.06. The van der Waals surface area contributed by atoms with Crippen LogP contribution in [0.15, 0.2) is 104 Å². The fraction of sp³-hybridized carbons (Fsp3) is 0.242. The summed E-state index contributed by atoms with van der Waals surface area (Å²) in [4.78, 5) is 42.3. The van der Waals surface area contributed by atoms with E-state index < -0.39 is 17.4 Å². The van der Waals surface area contributed by atoms with Crippen LogP contribution in [0.1, 0.15) is 34.8 Å². The van der Waals surface area contributed by atoms with Crippen LogP contribution in [0.5, 0.6) is 0 Å². The Balaban J connectivity index is 1.54. The first-order chi connectivity index (χ1) is 19.8. The molecule has 0 spiro atoms. The third kappa shape index (κ3) is 6.45. The van der Waals surface area contributed by atoms with Crippen molar-refractivity contribution in [2.24, 2.45) is 5.92 Å². The molecule has 8 nitrogen and oxygen atoms in total. The number of fused-ring (bicyclic) bond motifs is 1. The summed E-state index contributed by atoms with van der Waals surface area (Å²) in [6, 6.07) is 23.3. The first kappa shape index (κ1) is 29.5. The molecule has 0 saturated heterocycles. The Morgan fingerprint density at radius 2 is 1.76 bits per heavy atom. The SMILES string of the molecule is C=CCN1C(=O)[C@](O)([C@H](C)/C=C/CC(=O)N(CCO)Cc2ccccc2)c2cc(NC(=O)c3ccccc3)ccc21. The third-order valence-electron chi connectivity index (χ3n) is 7.19. The molecule has 212 valence electrons. The lowest BCUT2D eigenvalue weighted by Crippen LogP contribution is -2.44. The Hall–Kier alpha value is -4.53. The number of carbonyl (C=O) groups is 3. The highest BCUT2D eigenvalue weighted by Gasteiger charge is 2.52. The van der Waals surface area contributed by atoms with Gasteiger partial charge >= 0.3 is 0 Å². The molecular formula is C33H35N3O5. The fourth-order valence-electron chi connectivity index (χ4n) is 4.99. The summed E-state index contributed by atoms with van der Waals surface area (Å²) in [5, 5.41) is 24.2. The second-order valence-corrected chi connectivity index (χ2v) is 9.97. The number of anilines is 2. The van der Waals surface area contributed by atoms with E-state index in [9.17, 15) is 24.6 Å². The van der Waals surface area contributed by atoms with Gasteiger partial charge in [0.1, 0.15) is 0 Å². The Morgan fingerprint density at radius 1 is 1.07 bits per heavy atom. The maximum Gasteiger partial charge on any atom is 0.264 e. The van der Waals surface area contributed by atoms with Crippen molar-refractivity contribution in [3.8, 4) is 0 Å². The maximum atomic E-state index is 13.6. The number of carbonyl (C=O) groups excluding carboxylic acids is 3. The Kier molecular flexibility index (Phi) is 9.49. The zero-order chi connectivity index (χ0) is 29.4. The number of hydrogen-bond acceptors (Lipinski definition) is 5. The second kappa shape index (κ2) is 13.2. The molecule has 41 heavy (non-hydrogen) atoms. The molecule has 3 amide bonds. The van der Waals surface area contributed by atoms with Gasteiger partial charge in [0.05, 0.1) is 12.3 Å². The van der Waals surface area contributed by atoms with Gasteiger partial charge in [0.25, 0.3) is 11.8 Å². The van der Waals surface area contributed by atoms with Crippen molar-refractivity contribution >= 4 is 29.1 Å². The molecule has 1 aliphatic heterocycles. The Bertz CT molecular complexity index is 1420. The normalized spacial score (nSPS) is 16.9. The number of hydrogen-bond donors (Lipinski definition) is 3. The van der Waals surface area contributed by atoms with E-state index in [0.717, 1.165) is 5.56 Å². The van der Waals surface area contributed by atoms with Gasteiger partial charge in [-0.2, -0.15) is 0 Å². The minimum atomic E-state index is -1.92. The highest BCUT2D eigenvalue weighted by molar-refractivity contribution is 6.09. The number of benzene rings is 3. The van der Waals surface area contributed by atoms with Crippen molar-refractivity contribution in [1.29, 1.82) is 0 Å². The van der Waals surface area contributed by atoms with Crippen LogP contribution in [0.4, 0.5) is 11.4 Å². The quantitative estimate of drug-likeness (QED) is 0.290. The molecule has 3 aromatic carbocycles. The van der Waals surface area contributed by atoms with Gasteiger partial charge in [0.15, 0.2) is 5.60 Å². The number of aliphatic hydroxyl groups excluding tert-OH is 1. The van der Waals surface area contributed by atoms with E-state index in [1.54, 1.807) is 72.5 Å². The number of amides is 3. The highest BCUT2D eigenvalue weighted by atomic mass is 16.3. The first-order valence-electron chi connectivity index (χ1n) is 13.5. The smallest absolute Gasteiger partial charge is 0.264 e. The molecular weight excluding hydrogens is 518 g/mol. The lowest BCUT2D eigenvalue weighted by atomic mass is 9.82. The van der Waals surface area contributed by atoms with Crippen molar-refractivity contribution < 1.29 is 24.6 Å². The van der Waals surface area contributed by atoms with E-state index >= 15 is 0 Å². The molecule has 0 radical (unpaired) electrons. The molecule has 0 bridgehead atoms. The topological polar surface area (TPSA) is 110 Å². The van der Waals surface area contributed by atoms with E-state index in [2.05, 4.69) is 11.9 Å². The minimum Gasteiger partial charge on any atom is -0.395 e. The zero-order valence-electron chi connectivity index (χ0n) is 23.1. The van der Waals surface area contributed by atoms with E-state index in [1.807, 2.05) is 36.4 Å². The molecule has 4 rings (SSSR count). The molecule has 0 saturated carbocycles. The monoisotopic (exact) mass is 553 g/mol. The summed E-state index contributed by atoms with van der Waals surface area (Å²) in [5.41, 5.74) is 0.854. The average Bonchev–Trinajstić information content (AvgIpc) is 3.20. The molecule has 0 aliphatic carbocycles. The molecule has 1 aliphatic rings. The maximum absolute atomic E-state index is 13.6. The van der Waals surface area contributed by atoms with Gasteiger partial charge < -0.3 is 25.3 Å². The summed E-state index contributed by atoms with van der Waals surface area (Å²) in [7, 11) is 0. The number of rotatable bonds is 12. The number of nitrogens with zero attached hydrogens (tertiary/aromatic N) is 2. The van der Waals surface area contributed by atoms with Crippen molar-refractivity contribution in [3.05, 3.63) is 120 Å². The second-order valence-electron chi connectivity index (χ2n) is 9.97. The van der Waals surface area contributed by atoms with E-state index in [4.69, 9.17) is 0 Å². The van der Waals surface area contributed by atoms with Crippen LogP contribution in [0.25, 0.3) is 0 Å². The molecule has 8 heteroatoms. The van der Waals surface area contributed by atoms with E-state index in [-0.39, 0.29) is 37.9 Å². The standard InChI is InChI=1S/C33H35N3O5/c1-3-19-36-29-18-17-27(34-31(39)26-14-8-5-9-15-26)22-28(29)33(41,32(36)40)24(2)11-10-16-30(38)35(20-21-37)23-25-12-6-4-7-13-25/h3-15,17-18,22,24,37,41H,1,16,19-21,23H2,2H3,(H,34,39)/b11-10+/t24-,33+/m1/s1. The molecule has 3 aromatic rings. The van der Waals surface area contributed by atoms with Crippen LogP contribution >= 0.6 is 0 Å². The van der Waals surface area contributed by atoms with Crippen LogP contribution < -0.4 is 10.2 Å². The van der Waals surface area contributed by atoms with Gasteiger partial charge in [-0.15, -0.1) is 6.58 Å². The zero-order valence-corrected chi connectivity index (χ0v) is 23.1. The first-order valence-corrected chi connectivity index (χ1v) is 13.5. The van der Waals surface area contributed by atoms with Gasteiger partial charge in [0.2, 0.25) is 5.91 Å². The van der Waals surface area contributed by atoms with Crippen LogP contribution in [-0.4, -0.2) is 52.5 Å². The molecule has 1 heterocycles. The van der Waals surface area contributed by atoms with Gasteiger partial charge in [-0.25, -0.2) is 0 Å². The van der Waals surface area contributed by atoms with E-state index in [1.165, 1.54) is 4.90 Å². The Morgan fingerprint density at radius 3 is 2.41 bits per heavy atom. The van der Waals surface area contributed by atoms with Crippen LogP contribution in [0, 0.1) is 5.92 Å². The lowest BCUT2D eigenvalue weighted by molar-refractivity contribution is -0.139. The number of nitrogens with one attached hydrogen (secondary N) is 1. The summed E-state index contributed by atoms with van der Waals surface area (Å²) in [6.07, 6.45) is 4.92. The van der Waals surface area contributed by atoms with Crippen molar-refractivity contribution in [1.82, 2.24) is 4.90 Å². The van der Waals surface area contributed by atoms with Gasteiger partial charge in [-0.05, 0) is 35.9 Å². The predicted molar refractivity (Wildman–Crippen MR) is 159 cm³/mol. The summed E-state index contributed by atoms with van der Waals surface area (Å²) in [5.74, 6) is -1.70. The van der Waals surface area contributed by atoms with Gasteiger partial charge in [0, 0.05) is 48.8 Å². The van der Waals surface area contributed by atoms with Crippen LogP contribution in [-0.2, 0) is 21.7 Å². The van der Waals surface area contributed by atoms with Gasteiger partial charge in [-0.1, -0.05) is 73.7 Å². The summed E-state index contributed by atoms with van der Waals surface area (Å²) >= 11 is 0. The minimum absolute atomic E-state index is 0.0395. The van der Waals surface area contributed by atoms with Crippen molar-refractivity contribution in [2.45, 2.75) is 25.5 Å². The van der Waals surface area contributed by atoms with E-state index in [0.29, 0.717) is 29.0 Å². The molecule has 0 fully saturated rings. The van der Waals surface area contributed by atoms with Crippen molar-refractivity contribution in [2.75, 3.05) is 29.9 Å². The molecule has 0 aromatic heterocycles. The van der Waals surface area contributed by atoms with Gasteiger partial charge in [-0.3, -0.25) is 14.4 Å². The average molecular weight is 554 g/mol. The molecule has 0 unspecified atom stereocenters. The largest absolute Gasteiger partial charge is 0.395 e. The lowest BCUT2D eigenvalue weighted by Gasteiger charge is -2.27. The van der Waals surface area contributed by atoms with Crippen molar-refractivity contribution in [3.63, 3.8) is 0 Å². The fourth-order valence-corrected chi connectivity index (χ4v) is 4.99. The third-order valence-corrected chi connectivity index (χ3v) is 7.19. The summed E-state index contributed by atoms with van der Waals surface area (Å²) < 4.78 is 0. The Labute approximate surface area is 240 Å². The highest BCUT2D eigenvalue weighted by Crippen LogP contribution is 2.46. The van der Waals surface area contributed by atoms with Crippen LogP contribution in [0.2, 0.25) is 0 Å². The van der Waals surface area contributed by atoms with Crippen LogP contribution in [0.3, 0.4) is 0 Å². The number of aliphatic hydroxyl groups is 2. The molecule has 2 atom stereocenters. The molecule has 3 N–H and O–H groups in total. The predicted octanol–water partition coefficient (Wildman–Crippen LogP) is 4.26.